The molecule has 1 atom stereocenters. The molecule has 2 aromatic rings. The van der Waals surface area contributed by atoms with Crippen LogP contribution in [0.2, 0.25) is 0 Å². The molecule has 0 aliphatic carbocycles. The highest BCUT2D eigenvalue weighted by Crippen LogP contribution is 2.12. The van der Waals surface area contributed by atoms with Gasteiger partial charge in [0.25, 0.3) is 0 Å². The molecular formula is C14H18N4O2. The van der Waals surface area contributed by atoms with Gasteiger partial charge in [-0.3, -0.25) is 0 Å². The standard InChI is InChI=1S/C14H18N4O2/c1-20-14(19)10-5-7-18-13(8-10)16-12(17-18)9-11-4-2-3-6-15-11/h5,7-8,11,15H,2-4,6,9H2,1H3. The lowest BCUT2D eigenvalue weighted by molar-refractivity contribution is 0.0600. The van der Waals surface area contributed by atoms with Crippen molar-refractivity contribution in [2.24, 2.45) is 0 Å². The number of methoxy groups -OCH3 is 1. The van der Waals surface area contributed by atoms with Gasteiger partial charge in [-0.2, -0.15) is 5.10 Å². The van der Waals surface area contributed by atoms with Crippen molar-refractivity contribution < 1.29 is 9.53 Å². The minimum atomic E-state index is -0.356. The van der Waals surface area contributed by atoms with Crippen LogP contribution in [0.15, 0.2) is 18.3 Å². The predicted octanol–water partition coefficient (Wildman–Crippen LogP) is 1.20. The van der Waals surface area contributed by atoms with Crippen molar-refractivity contribution in [3.05, 3.63) is 29.7 Å². The maximum Gasteiger partial charge on any atom is 0.338 e. The van der Waals surface area contributed by atoms with Crippen LogP contribution >= 0.6 is 0 Å². The second kappa shape index (κ2) is 5.58. The highest BCUT2D eigenvalue weighted by Gasteiger charge is 2.16. The Balaban J connectivity index is 1.81. The fraction of sp³-hybridized carbons (Fsp3) is 0.500. The molecule has 6 nitrogen and oxygen atoms in total. The van der Waals surface area contributed by atoms with Gasteiger partial charge in [0.15, 0.2) is 11.5 Å². The van der Waals surface area contributed by atoms with E-state index in [1.54, 1.807) is 22.8 Å². The molecule has 1 aliphatic rings. The molecule has 3 rings (SSSR count). The molecule has 0 radical (unpaired) electrons. The Bertz CT molecular complexity index is 617. The van der Waals surface area contributed by atoms with Gasteiger partial charge in [-0.15, -0.1) is 0 Å². The summed E-state index contributed by atoms with van der Waals surface area (Å²) in [4.78, 5) is 16.0. The number of fused-ring (bicyclic) bond motifs is 1. The number of nitrogens with zero attached hydrogens (tertiary/aromatic N) is 3. The average Bonchev–Trinajstić information content (AvgIpc) is 2.88. The van der Waals surface area contributed by atoms with Crippen molar-refractivity contribution in [1.29, 1.82) is 0 Å². The number of carbonyl (C=O) groups is 1. The number of piperidine rings is 1. The number of aromatic nitrogens is 3. The molecule has 6 heteroatoms. The van der Waals surface area contributed by atoms with E-state index >= 15 is 0 Å². The first-order chi connectivity index (χ1) is 9.76. The highest BCUT2D eigenvalue weighted by molar-refractivity contribution is 5.90. The molecule has 0 bridgehead atoms. The van der Waals surface area contributed by atoms with Gasteiger partial charge in [-0.1, -0.05) is 6.42 Å². The van der Waals surface area contributed by atoms with Crippen LogP contribution < -0.4 is 5.32 Å². The monoisotopic (exact) mass is 274 g/mol. The molecule has 1 N–H and O–H groups in total. The largest absolute Gasteiger partial charge is 0.465 e. The zero-order valence-electron chi connectivity index (χ0n) is 11.5. The van der Waals surface area contributed by atoms with Crippen LogP contribution in [-0.2, 0) is 11.2 Å². The van der Waals surface area contributed by atoms with Crippen molar-refractivity contribution >= 4 is 11.6 Å². The van der Waals surface area contributed by atoms with Crippen LogP contribution in [0.3, 0.4) is 0 Å². The molecule has 2 aromatic heterocycles. The van der Waals surface area contributed by atoms with Crippen LogP contribution in [0.4, 0.5) is 0 Å². The Kier molecular flexibility index (Phi) is 3.64. The van der Waals surface area contributed by atoms with E-state index in [-0.39, 0.29) is 5.97 Å². The molecule has 1 aliphatic heterocycles. The minimum Gasteiger partial charge on any atom is -0.465 e. The van der Waals surface area contributed by atoms with Crippen LogP contribution in [0, 0.1) is 0 Å². The molecule has 106 valence electrons. The zero-order chi connectivity index (χ0) is 13.9. The number of carbonyl (C=O) groups excluding carboxylic acids is 1. The molecule has 1 saturated heterocycles. The summed E-state index contributed by atoms with van der Waals surface area (Å²) in [5.41, 5.74) is 1.17. The molecule has 1 unspecified atom stereocenters. The number of hydrogen-bond donors (Lipinski definition) is 1. The lowest BCUT2D eigenvalue weighted by Gasteiger charge is -2.21. The van der Waals surface area contributed by atoms with Crippen molar-refractivity contribution in [2.75, 3.05) is 13.7 Å². The number of ether oxygens (including phenoxy) is 1. The van der Waals surface area contributed by atoms with E-state index < -0.39 is 0 Å². The van der Waals surface area contributed by atoms with Crippen LogP contribution in [0.5, 0.6) is 0 Å². The topological polar surface area (TPSA) is 68.5 Å². The number of nitrogens with one attached hydrogen (secondary N) is 1. The van der Waals surface area contributed by atoms with Crippen molar-refractivity contribution in [2.45, 2.75) is 31.7 Å². The Morgan fingerprint density at radius 2 is 2.45 bits per heavy atom. The first kappa shape index (κ1) is 13.1. The Morgan fingerprint density at radius 3 is 3.20 bits per heavy atom. The van der Waals surface area contributed by atoms with Crippen molar-refractivity contribution in [3.8, 4) is 0 Å². The number of hydrogen-bond acceptors (Lipinski definition) is 5. The summed E-state index contributed by atoms with van der Waals surface area (Å²) in [7, 11) is 1.37. The third-order valence-corrected chi connectivity index (χ3v) is 3.64. The van der Waals surface area contributed by atoms with Gasteiger partial charge in [0.05, 0.1) is 12.7 Å². The molecule has 1 fully saturated rings. The Hall–Kier alpha value is -1.95. The van der Waals surface area contributed by atoms with Crippen LogP contribution in [0.1, 0.15) is 35.4 Å². The number of pyridine rings is 1. The molecule has 20 heavy (non-hydrogen) atoms. The summed E-state index contributed by atoms with van der Waals surface area (Å²) in [6, 6.07) is 3.86. The van der Waals surface area contributed by atoms with Gasteiger partial charge in [-0.05, 0) is 31.5 Å². The van der Waals surface area contributed by atoms with Crippen molar-refractivity contribution in [3.63, 3.8) is 0 Å². The summed E-state index contributed by atoms with van der Waals surface area (Å²) in [5, 5.41) is 7.93. The molecule has 0 spiro atoms. The second-order valence-corrected chi connectivity index (χ2v) is 5.09. The lowest BCUT2D eigenvalue weighted by Crippen LogP contribution is -2.35. The van der Waals surface area contributed by atoms with Gasteiger partial charge in [0, 0.05) is 18.7 Å². The molecule has 0 amide bonds. The fourth-order valence-corrected chi connectivity index (χ4v) is 2.58. The molecule has 0 aromatic carbocycles. The fourth-order valence-electron chi connectivity index (χ4n) is 2.58. The normalized spacial score (nSPS) is 19.1. The van der Waals surface area contributed by atoms with Crippen LogP contribution in [0.25, 0.3) is 5.65 Å². The van der Waals surface area contributed by atoms with E-state index in [2.05, 4.69) is 15.4 Å². The van der Waals surface area contributed by atoms with Gasteiger partial charge in [0.2, 0.25) is 0 Å². The van der Waals surface area contributed by atoms with Gasteiger partial charge < -0.3 is 10.1 Å². The van der Waals surface area contributed by atoms with Gasteiger partial charge in [-0.25, -0.2) is 14.3 Å². The third-order valence-electron chi connectivity index (χ3n) is 3.64. The summed E-state index contributed by atoms with van der Waals surface area (Å²) < 4.78 is 6.41. The smallest absolute Gasteiger partial charge is 0.338 e. The number of rotatable bonds is 3. The summed E-state index contributed by atoms with van der Waals surface area (Å²) in [6.07, 6.45) is 6.25. The lowest BCUT2D eigenvalue weighted by atomic mass is 10.0. The van der Waals surface area contributed by atoms with E-state index in [9.17, 15) is 4.79 Å². The summed E-state index contributed by atoms with van der Waals surface area (Å²) in [5.74, 6) is 0.456. The third kappa shape index (κ3) is 2.65. The summed E-state index contributed by atoms with van der Waals surface area (Å²) in [6.45, 7) is 1.07. The quantitative estimate of drug-likeness (QED) is 0.852. The van der Waals surface area contributed by atoms with E-state index in [0.717, 1.165) is 18.8 Å². The van der Waals surface area contributed by atoms with E-state index in [4.69, 9.17) is 4.74 Å². The first-order valence-electron chi connectivity index (χ1n) is 6.93. The molecule has 3 heterocycles. The maximum absolute atomic E-state index is 11.5. The van der Waals surface area contributed by atoms with Crippen LogP contribution in [-0.4, -0.2) is 40.3 Å². The molecular weight excluding hydrogens is 256 g/mol. The van der Waals surface area contributed by atoms with E-state index in [1.165, 1.54) is 26.4 Å². The van der Waals surface area contributed by atoms with E-state index in [1.807, 2.05) is 0 Å². The average molecular weight is 274 g/mol. The zero-order valence-corrected chi connectivity index (χ0v) is 11.5. The second-order valence-electron chi connectivity index (χ2n) is 5.09. The van der Waals surface area contributed by atoms with E-state index in [0.29, 0.717) is 17.3 Å². The van der Waals surface area contributed by atoms with Gasteiger partial charge in [0.1, 0.15) is 0 Å². The SMILES string of the molecule is COC(=O)c1ccn2nc(CC3CCCCN3)nc2c1. The minimum absolute atomic E-state index is 0.356. The Morgan fingerprint density at radius 1 is 1.55 bits per heavy atom. The maximum atomic E-state index is 11.5. The van der Waals surface area contributed by atoms with Crippen molar-refractivity contribution in [1.82, 2.24) is 19.9 Å². The molecule has 0 saturated carbocycles. The highest BCUT2D eigenvalue weighted by atomic mass is 16.5. The number of esters is 1. The van der Waals surface area contributed by atoms with Gasteiger partial charge >= 0.3 is 5.97 Å². The first-order valence-corrected chi connectivity index (χ1v) is 6.93. The Labute approximate surface area is 117 Å². The predicted molar refractivity (Wildman–Crippen MR) is 73.7 cm³/mol. The summed E-state index contributed by atoms with van der Waals surface area (Å²) >= 11 is 0.